The van der Waals surface area contributed by atoms with Crippen LogP contribution in [0.15, 0.2) is 23.1 Å². The van der Waals surface area contributed by atoms with Crippen LogP contribution in [0, 0.1) is 16.7 Å². The molecule has 2 amide bonds. The second kappa shape index (κ2) is 7.35. The summed E-state index contributed by atoms with van der Waals surface area (Å²) in [5, 5.41) is 7.48. The van der Waals surface area contributed by atoms with E-state index in [1.54, 1.807) is 0 Å². The maximum Gasteiger partial charge on any atom is 0.417 e. The van der Waals surface area contributed by atoms with Crippen molar-refractivity contribution in [2.45, 2.75) is 63.1 Å². The number of carbonyl (C=O) groups is 1. The van der Waals surface area contributed by atoms with E-state index in [4.69, 9.17) is 0 Å². The molecular formula is C25H29F3N6O2. The van der Waals surface area contributed by atoms with E-state index in [0.29, 0.717) is 31.5 Å². The van der Waals surface area contributed by atoms with Crippen LogP contribution in [0.1, 0.15) is 67.6 Å². The van der Waals surface area contributed by atoms with E-state index in [1.165, 1.54) is 17.4 Å². The number of alkyl halides is 3. The lowest BCUT2D eigenvalue weighted by Crippen LogP contribution is -2.71. The molecule has 8 nitrogen and oxygen atoms in total. The fourth-order valence-electron chi connectivity index (χ4n) is 7.10. The zero-order valence-corrected chi connectivity index (χ0v) is 19.9. The Bertz CT molecular complexity index is 1250. The molecule has 3 aliphatic carbocycles. The number of hydrogen-bond acceptors (Lipinski definition) is 4. The minimum atomic E-state index is -4.46. The van der Waals surface area contributed by atoms with E-state index in [0.717, 1.165) is 68.8 Å². The smallest absolute Gasteiger partial charge is 0.323 e. The molecule has 5 aliphatic rings. The van der Waals surface area contributed by atoms with Gasteiger partial charge in [0.25, 0.3) is 5.56 Å². The molecule has 0 aromatic carbocycles. The fraction of sp³-hybridized carbons (Fsp3) is 0.680. The Morgan fingerprint density at radius 1 is 1.00 bits per heavy atom. The second-order valence-electron chi connectivity index (χ2n) is 12.1. The van der Waals surface area contributed by atoms with E-state index < -0.39 is 17.3 Å². The molecule has 2 aromatic heterocycles. The number of carbonyl (C=O) groups excluding carboxylic acids is 1. The van der Waals surface area contributed by atoms with Gasteiger partial charge < -0.3 is 14.4 Å². The molecular weight excluding hydrogens is 473 g/mol. The van der Waals surface area contributed by atoms with Crippen LogP contribution in [-0.4, -0.2) is 61.8 Å². The molecule has 2 aromatic rings. The van der Waals surface area contributed by atoms with Gasteiger partial charge in [0.15, 0.2) is 5.82 Å². The lowest BCUT2D eigenvalue weighted by atomic mass is 9.57. The molecule has 2 saturated heterocycles. The summed E-state index contributed by atoms with van der Waals surface area (Å²) in [7, 11) is 0. The molecule has 2 aliphatic heterocycles. The van der Waals surface area contributed by atoms with Crippen molar-refractivity contribution in [3.05, 3.63) is 45.9 Å². The van der Waals surface area contributed by atoms with Gasteiger partial charge >= 0.3 is 12.2 Å². The monoisotopic (exact) mass is 502 g/mol. The van der Waals surface area contributed by atoms with Gasteiger partial charge in [-0.15, -0.1) is 0 Å². The Balaban J connectivity index is 0.863. The summed E-state index contributed by atoms with van der Waals surface area (Å²) in [5.74, 6) is 3.10. The predicted octanol–water partition coefficient (Wildman–Crippen LogP) is 3.57. The second-order valence-corrected chi connectivity index (χ2v) is 12.1. The number of hydrogen-bond donors (Lipinski definition) is 1. The largest absolute Gasteiger partial charge is 0.417 e. The highest BCUT2D eigenvalue weighted by atomic mass is 19.4. The molecule has 0 radical (unpaired) electrons. The quantitative estimate of drug-likeness (QED) is 0.693. The highest BCUT2D eigenvalue weighted by Gasteiger charge is 2.58. The van der Waals surface area contributed by atoms with Gasteiger partial charge in [-0.25, -0.2) is 9.78 Å². The number of nitrogens with one attached hydrogen (secondary N) is 1. The summed E-state index contributed by atoms with van der Waals surface area (Å²) in [4.78, 5) is 33.5. The van der Waals surface area contributed by atoms with E-state index in [1.807, 2.05) is 9.80 Å². The van der Waals surface area contributed by atoms with E-state index >= 15 is 0 Å². The van der Waals surface area contributed by atoms with Crippen LogP contribution < -0.4 is 5.56 Å². The molecule has 0 unspecified atom stereocenters. The first-order valence-corrected chi connectivity index (χ1v) is 12.8. The van der Waals surface area contributed by atoms with Gasteiger partial charge in [0, 0.05) is 67.7 Å². The molecule has 1 N–H and O–H groups in total. The molecule has 2 spiro atoms. The Kier molecular flexibility index (Phi) is 4.56. The maximum atomic E-state index is 13.0. The van der Waals surface area contributed by atoms with Crippen LogP contribution in [-0.2, 0) is 12.7 Å². The molecule has 4 heterocycles. The molecule has 3 saturated carbocycles. The summed E-state index contributed by atoms with van der Waals surface area (Å²) in [6.45, 7) is 3.30. The summed E-state index contributed by atoms with van der Waals surface area (Å²) in [6, 6.07) is 1.92. The third kappa shape index (κ3) is 3.64. The van der Waals surface area contributed by atoms with Crippen molar-refractivity contribution >= 4 is 6.03 Å². The standard InChI is InChI=1S/C25H29F3N6O2/c26-25(27,28)18-3-4-19(35)32(10-18)9-15-5-23(6-15)11-33(12-23)22(36)34-13-24(14-34)7-17(8-24)21-29-20(30-31-21)16-1-2-16/h3-4,10,15-17H,1-2,5-9,11-14H2,(H,29,30,31). The first-order valence-electron chi connectivity index (χ1n) is 12.8. The molecule has 7 rings (SSSR count). The zero-order valence-electron chi connectivity index (χ0n) is 19.9. The lowest BCUT2D eigenvalue weighted by molar-refractivity contribution is -0.138. The minimum absolute atomic E-state index is 0.0707. The van der Waals surface area contributed by atoms with Crippen molar-refractivity contribution in [2.24, 2.45) is 16.7 Å². The van der Waals surface area contributed by atoms with Crippen LogP contribution in [0.25, 0.3) is 0 Å². The molecule has 192 valence electrons. The van der Waals surface area contributed by atoms with Crippen molar-refractivity contribution in [3.63, 3.8) is 0 Å². The Hall–Kier alpha value is -2.85. The van der Waals surface area contributed by atoms with Crippen molar-refractivity contribution in [1.82, 2.24) is 29.5 Å². The minimum Gasteiger partial charge on any atom is -0.323 e. The molecule has 5 fully saturated rings. The number of pyridine rings is 1. The van der Waals surface area contributed by atoms with Gasteiger partial charge in [-0.3, -0.25) is 9.89 Å². The van der Waals surface area contributed by atoms with Crippen LogP contribution in [0.5, 0.6) is 0 Å². The van der Waals surface area contributed by atoms with Gasteiger partial charge in [0.1, 0.15) is 5.82 Å². The SMILES string of the molecule is O=C(N1CC2(CC(Cn3cc(C(F)(F)F)ccc3=O)C2)C1)N1CC2(CC(c3nc(C4CC4)n[nH]3)C2)C1. The van der Waals surface area contributed by atoms with Crippen LogP contribution in [0.4, 0.5) is 18.0 Å². The van der Waals surface area contributed by atoms with Gasteiger partial charge in [0.2, 0.25) is 0 Å². The van der Waals surface area contributed by atoms with Gasteiger partial charge in [-0.2, -0.15) is 18.3 Å². The average molecular weight is 503 g/mol. The Labute approximate surface area is 205 Å². The molecule has 11 heteroatoms. The van der Waals surface area contributed by atoms with Crippen LogP contribution >= 0.6 is 0 Å². The third-order valence-electron chi connectivity index (χ3n) is 9.06. The zero-order chi connectivity index (χ0) is 24.9. The predicted molar refractivity (Wildman–Crippen MR) is 122 cm³/mol. The van der Waals surface area contributed by atoms with Crippen LogP contribution in [0.2, 0.25) is 0 Å². The first kappa shape index (κ1) is 22.4. The number of aromatic nitrogens is 4. The summed E-state index contributed by atoms with van der Waals surface area (Å²) < 4.78 is 40.1. The van der Waals surface area contributed by atoms with Crippen molar-refractivity contribution < 1.29 is 18.0 Å². The fourth-order valence-corrected chi connectivity index (χ4v) is 7.10. The molecule has 0 atom stereocenters. The van der Waals surface area contributed by atoms with Crippen molar-refractivity contribution in [3.8, 4) is 0 Å². The topological polar surface area (TPSA) is 87.1 Å². The number of aromatic amines is 1. The number of urea groups is 1. The first-order chi connectivity index (χ1) is 17.1. The van der Waals surface area contributed by atoms with Gasteiger partial charge in [0.05, 0.1) is 5.56 Å². The maximum absolute atomic E-state index is 13.0. The Morgan fingerprint density at radius 3 is 2.25 bits per heavy atom. The summed E-state index contributed by atoms with van der Waals surface area (Å²) in [6.07, 6.45) is 2.62. The number of rotatable bonds is 4. The van der Waals surface area contributed by atoms with Crippen molar-refractivity contribution in [2.75, 3.05) is 26.2 Å². The van der Waals surface area contributed by atoms with E-state index in [2.05, 4.69) is 15.2 Å². The normalized spacial score (nSPS) is 24.9. The number of amides is 2. The van der Waals surface area contributed by atoms with Crippen LogP contribution in [0.3, 0.4) is 0 Å². The average Bonchev–Trinajstić information content (AvgIpc) is 3.45. The van der Waals surface area contributed by atoms with Crippen molar-refractivity contribution in [1.29, 1.82) is 0 Å². The molecule has 36 heavy (non-hydrogen) atoms. The number of H-pyrrole nitrogens is 1. The highest BCUT2D eigenvalue weighted by molar-refractivity contribution is 5.77. The summed E-state index contributed by atoms with van der Waals surface area (Å²) in [5.41, 5.74) is -0.910. The lowest BCUT2D eigenvalue weighted by Gasteiger charge is -2.63. The van der Waals surface area contributed by atoms with E-state index in [-0.39, 0.29) is 22.8 Å². The number of halogens is 3. The number of likely N-dealkylation sites (tertiary alicyclic amines) is 2. The van der Waals surface area contributed by atoms with Gasteiger partial charge in [-0.05, 0) is 50.5 Å². The van der Waals surface area contributed by atoms with E-state index in [9.17, 15) is 22.8 Å². The summed E-state index contributed by atoms with van der Waals surface area (Å²) >= 11 is 0. The van der Waals surface area contributed by atoms with Gasteiger partial charge in [-0.1, -0.05) is 0 Å². The third-order valence-corrected chi connectivity index (χ3v) is 9.06. The Morgan fingerprint density at radius 2 is 1.64 bits per heavy atom. The number of nitrogens with zero attached hydrogens (tertiary/aromatic N) is 5. The highest BCUT2D eigenvalue weighted by Crippen LogP contribution is 2.57. The molecule has 0 bridgehead atoms.